The van der Waals surface area contributed by atoms with Crippen LogP contribution in [-0.4, -0.2) is 47.9 Å². The molecule has 6 heteroatoms. The summed E-state index contributed by atoms with van der Waals surface area (Å²) in [6, 6.07) is 35.4. The first-order valence-electron chi connectivity index (χ1n) is 15.4. The smallest absolute Gasteiger partial charge is 0.260 e. The summed E-state index contributed by atoms with van der Waals surface area (Å²) in [4.78, 5) is 30.8. The summed E-state index contributed by atoms with van der Waals surface area (Å²) in [5.74, 6) is 1.71. The van der Waals surface area contributed by atoms with Crippen molar-refractivity contribution in [2.45, 2.75) is 52.6 Å². The highest BCUT2D eigenvalue weighted by Gasteiger charge is 2.21. The van der Waals surface area contributed by atoms with E-state index in [0.717, 1.165) is 33.8 Å². The van der Waals surface area contributed by atoms with Gasteiger partial charge < -0.3 is 19.3 Å². The minimum Gasteiger partial charge on any atom is -0.483 e. The number of nitrogens with zero attached hydrogens (tertiary/aromatic N) is 2. The van der Waals surface area contributed by atoms with Crippen molar-refractivity contribution < 1.29 is 19.1 Å². The van der Waals surface area contributed by atoms with E-state index in [1.54, 1.807) is 9.80 Å². The van der Waals surface area contributed by atoms with E-state index >= 15 is 0 Å². The zero-order chi connectivity index (χ0) is 31.3. The van der Waals surface area contributed by atoms with Gasteiger partial charge in [0.1, 0.15) is 11.5 Å². The Bertz CT molecular complexity index is 1360. The minimum atomic E-state index is -0.137. The van der Waals surface area contributed by atoms with Crippen LogP contribution in [0.3, 0.4) is 0 Å². The number of para-hydroxylation sites is 2. The van der Waals surface area contributed by atoms with Crippen LogP contribution in [0.15, 0.2) is 109 Å². The van der Waals surface area contributed by atoms with Gasteiger partial charge in [-0.2, -0.15) is 0 Å². The summed E-state index contributed by atoms with van der Waals surface area (Å²) in [7, 11) is 0. The van der Waals surface area contributed by atoms with Crippen molar-refractivity contribution >= 4 is 11.8 Å². The largest absolute Gasteiger partial charge is 0.483 e. The molecular weight excluding hydrogens is 548 g/mol. The molecule has 0 aromatic heterocycles. The van der Waals surface area contributed by atoms with Gasteiger partial charge in [-0.3, -0.25) is 9.59 Å². The zero-order valence-corrected chi connectivity index (χ0v) is 26.3. The second-order valence-electron chi connectivity index (χ2n) is 11.6. The van der Waals surface area contributed by atoms with Crippen molar-refractivity contribution in [3.63, 3.8) is 0 Å². The Hall–Kier alpha value is -4.58. The number of hydrogen-bond donors (Lipinski definition) is 0. The van der Waals surface area contributed by atoms with Gasteiger partial charge in [-0.15, -0.1) is 0 Å². The van der Waals surface area contributed by atoms with E-state index in [-0.39, 0.29) is 36.9 Å². The molecule has 4 rings (SSSR count). The van der Waals surface area contributed by atoms with E-state index < -0.39 is 0 Å². The maximum absolute atomic E-state index is 13.6. The topological polar surface area (TPSA) is 59.1 Å². The number of rotatable bonds is 15. The van der Waals surface area contributed by atoms with Gasteiger partial charge in [0.05, 0.1) is 0 Å². The highest BCUT2D eigenvalue weighted by atomic mass is 16.5. The van der Waals surface area contributed by atoms with Gasteiger partial charge in [-0.05, 0) is 46.2 Å². The van der Waals surface area contributed by atoms with E-state index in [1.165, 1.54) is 0 Å². The molecule has 0 saturated heterocycles. The summed E-state index contributed by atoms with van der Waals surface area (Å²) in [5.41, 5.74) is 4.15. The quantitative estimate of drug-likeness (QED) is 0.144. The number of carbonyl (C=O) groups is 2. The third-order valence-corrected chi connectivity index (χ3v) is 7.56. The fourth-order valence-corrected chi connectivity index (χ4v) is 5.07. The zero-order valence-electron chi connectivity index (χ0n) is 26.3. The van der Waals surface area contributed by atoms with Crippen molar-refractivity contribution in [3.8, 4) is 11.5 Å². The Balaban J connectivity index is 1.49. The van der Waals surface area contributed by atoms with Crippen molar-refractivity contribution in [3.05, 3.63) is 131 Å². The fraction of sp³-hybridized carbons (Fsp3) is 0.316. The van der Waals surface area contributed by atoms with Crippen LogP contribution in [0.4, 0.5) is 0 Å². The number of benzene rings is 4. The molecule has 0 aliphatic carbocycles. The minimum absolute atomic E-state index is 0.0850. The van der Waals surface area contributed by atoms with Gasteiger partial charge in [0.2, 0.25) is 0 Å². The molecule has 4 aromatic carbocycles. The Morgan fingerprint density at radius 2 is 0.864 bits per heavy atom. The molecule has 6 nitrogen and oxygen atoms in total. The normalized spacial score (nSPS) is 11.0. The molecule has 0 unspecified atom stereocenters. The van der Waals surface area contributed by atoms with Crippen molar-refractivity contribution in [1.29, 1.82) is 0 Å². The molecule has 4 aromatic rings. The fourth-order valence-electron chi connectivity index (χ4n) is 5.07. The third-order valence-electron chi connectivity index (χ3n) is 7.56. The van der Waals surface area contributed by atoms with Crippen LogP contribution in [0, 0.1) is 0 Å². The molecule has 0 radical (unpaired) electrons. The molecule has 0 aliphatic rings. The van der Waals surface area contributed by atoms with Crippen LogP contribution >= 0.6 is 0 Å². The van der Waals surface area contributed by atoms with E-state index in [1.807, 2.05) is 109 Å². The van der Waals surface area contributed by atoms with Gasteiger partial charge in [0.25, 0.3) is 11.8 Å². The predicted molar refractivity (Wildman–Crippen MR) is 176 cm³/mol. The summed E-state index contributed by atoms with van der Waals surface area (Å²) < 4.78 is 12.1. The van der Waals surface area contributed by atoms with Crippen LogP contribution in [0.25, 0.3) is 0 Å². The molecular formula is C38H44N2O4. The average molecular weight is 593 g/mol. The number of ether oxygens (including phenoxy) is 2. The maximum Gasteiger partial charge on any atom is 0.260 e. The molecule has 0 spiro atoms. The van der Waals surface area contributed by atoms with Crippen LogP contribution in [-0.2, 0) is 22.7 Å². The van der Waals surface area contributed by atoms with Gasteiger partial charge in [0, 0.05) is 26.2 Å². The first-order valence-corrected chi connectivity index (χ1v) is 15.4. The van der Waals surface area contributed by atoms with Crippen LogP contribution in [0.1, 0.15) is 61.8 Å². The second kappa shape index (κ2) is 16.3. The number of carbonyl (C=O) groups excluding carboxylic acids is 2. The first kappa shape index (κ1) is 32.3. The van der Waals surface area contributed by atoms with E-state index in [9.17, 15) is 9.59 Å². The lowest BCUT2D eigenvalue weighted by Gasteiger charge is -2.29. The molecule has 2 amide bonds. The van der Waals surface area contributed by atoms with Crippen molar-refractivity contribution in [1.82, 2.24) is 9.80 Å². The lowest BCUT2D eigenvalue weighted by Crippen LogP contribution is -2.43. The standard InChI is InChI=1S/C38H44N2O4/c1-29(2)33-19-11-13-21-35(33)43-27-37(41)39(25-31-15-7-5-8-16-31)23-24-40(26-32-17-9-6-10-18-32)38(42)28-44-36-22-14-12-20-34(36)30(3)4/h5-22,29-30H,23-28H2,1-4H3. The highest BCUT2D eigenvalue weighted by molar-refractivity contribution is 5.79. The molecule has 44 heavy (non-hydrogen) atoms. The molecule has 0 saturated carbocycles. The molecule has 0 fully saturated rings. The van der Waals surface area contributed by atoms with Crippen LogP contribution in [0.2, 0.25) is 0 Å². The lowest BCUT2D eigenvalue weighted by molar-refractivity contribution is -0.138. The van der Waals surface area contributed by atoms with Crippen LogP contribution in [0.5, 0.6) is 11.5 Å². The average Bonchev–Trinajstić information content (AvgIpc) is 3.04. The molecule has 0 N–H and O–H groups in total. The SMILES string of the molecule is CC(C)c1ccccc1OCC(=O)N(CCN(Cc1ccccc1)C(=O)COc1ccccc1C(C)C)Cc1ccccc1. The highest BCUT2D eigenvalue weighted by Crippen LogP contribution is 2.27. The molecule has 0 aliphatic heterocycles. The summed E-state index contributed by atoms with van der Waals surface area (Å²) in [5, 5.41) is 0. The van der Waals surface area contributed by atoms with Gasteiger partial charge in [-0.25, -0.2) is 0 Å². The monoisotopic (exact) mass is 592 g/mol. The van der Waals surface area contributed by atoms with Crippen molar-refractivity contribution in [2.24, 2.45) is 0 Å². The van der Waals surface area contributed by atoms with E-state index in [2.05, 4.69) is 27.7 Å². The van der Waals surface area contributed by atoms with Gasteiger partial charge >= 0.3 is 0 Å². The molecule has 0 heterocycles. The Kier molecular flexibility index (Phi) is 12.0. The van der Waals surface area contributed by atoms with Gasteiger partial charge in [-0.1, -0.05) is 125 Å². The predicted octanol–water partition coefficient (Wildman–Crippen LogP) is 7.45. The van der Waals surface area contributed by atoms with Gasteiger partial charge in [0.15, 0.2) is 13.2 Å². The van der Waals surface area contributed by atoms with Crippen molar-refractivity contribution in [2.75, 3.05) is 26.3 Å². The molecule has 230 valence electrons. The number of hydrogen-bond acceptors (Lipinski definition) is 4. The van der Waals surface area contributed by atoms with Crippen LogP contribution < -0.4 is 9.47 Å². The summed E-state index contributed by atoms with van der Waals surface area (Å²) in [6.45, 7) is 9.79. The Morgan fingerprint density at radius 3 is 1.23 bits per heavy atom. The molecule has 0 atom stereocenters. The summed E-state index contributed by atoms with van der Waals surface area (Å²) in [6.07, 6.45) is 0. The number of amides is 2. The second-order valence-corrected chi connectivity index (χ2v) is 11.6. The maximum atomic E-state index is 13.6. The first-order chi connectivity index (χ1) is 21.3. The third kappa shape index (κ3) is 9.46. The van der Waals surface area contributed by atoms with E-state index in [4.69, 9.17) is 9.47 Å². The lowest BCUT2D eigenvalue weighted by atomic mass is 10.0. The molecule has 0 bridgehead atoms. The Labute approximate surface area is 262 Å². The Morgan fingerprint density at radius 1 is 0.523 bits per heavy atom. The summed E-state index contributed by atoms with van der Waals surface area (Å²) >= 11 is 0. The van der Waals surface area contributed by atoms with E-state index in [0.29, 0.717) is 26.2 Å².